The zero-order chi connectivity index (χ0) is 19.5. The first kappa shape index (κ1) is 18.5. The maximum Gasteiger partial charge on any atom is 0.253 e. The molecule has 0 unspecified atom stereocenters. The Morgan fingerprint density at radius 1 is 1.14 bits per heavy atom. The molecule has 1 saturated carbocycles. The van der Waals surface area contributed by atoms with Crippen molar-refractivity contribution in [3.63, 3.8) is 0 Å². The number of amides is 1. The highest BCUT2D eigenvalue weighted by Gasteiger charge is 2.22. The molecule has 1 heterocycles. The number of benzene rings is 2. The molecular formula is C23H25FN2O2. The molecule has 0 bridgehead atoms. The van der Waals surface area contributed by atoms with E-state index in [0.29, 0.717) is 17.5 Å². The van der Waals surface area contributed by atoms with Gasteiger partial charge in [-0.2, -0.15) is 0 Å². The van der Waals surface area contributed by atoms with Gasteiger partial charge in [0.1, 0.15) is 11.6 Å². The smallest absolute Gasteiger partial charge is 0.253 e. The predicted molar refractivity (Wildman–Crippen MR) is 108 cm³/mol. The fraction of sp³-hybridized carbons (Fsp3) is 0.348. The number of carbonyl (C=O) groups is 1. The van der Waals surface area contributed by atoms with Gasteiger partial charge in [-0.15, -0.1) is 0 Å². The SMILES string of the molecule is COc1ccc(Cn2cc(C(=O)NC3CCCCC3)c3c(F)cccc32)cc1. The van der Waals surface area contributed by atoms with Crippen LogP contribution in [-0.2, 0) is 6.54 Å². The molecule has 4 rings (SSSR count). The lowest BCUT2D eigenvalue weighted by Crippen LogP contribution is -2.36. The summed E-state index contributed by atoms with van der Waals surface area (Å²) in [5, 5.41) is 3.50. The first-order chi connectivity index (χ1) is 13.7. The van der Waals surface area contributed by atoms with Gasteiger partial charge in [-0.05, 0) is 42.7 Å². The number of ether oxygens (including phenoxy) is 1. The van der Waals surface area contributed by atoms with Gasteiger partial charge in [0.15, 0.2) is 0 Å². The molecule has 1 amide bonds. The normalized spacial score (nSPS) is 14.9. The number of halogens is 1. The Labute approximate surface area is 164 Å². The lowest BCUT2D eigenvalue weighted by atomic mass is 9.95. The van der Waals surface area contributed by atoms with Crippen LogP contribution in [0.5, 0.6) is 5.75 Å². The molecule has 1 fully saturated rings. The lowest BCUT2D eigenvalue weighted by Gasteiger charge is -2.22. The summed E-state index contributed by atoms with van der Waals surface area (Å²) in [5.74, 6) is 0.245. The number of fused-ring (bicyclic) bond motifs is 1. The van der Waals surface area contributed by atoms with Gasteiger partial charge < -0.3 is 14.6 Å². The van der Waals surface area contributed by atoms with Crippen molar-refractivity contribution >= 4 is 16.8 Å². The van der Waals surface area contributed by atoms with Gasteiger partial charge in [-0.3, -0.25) is 4.79 Å². The Bertz CT molecular complexity index is 972. The second-order valence-electron chi connectivity index (χ2n) is 7.46. The van der Waals surface area contributed by atoms with Gasteiger partial charge in [0.05, 0.1) is 18.2 Å². The molecule has 5 heteroatoms. The summed E-state index contributed by atoms with van der Waals surface area (Å²) in [6, 6.07) is 12.9. The standard InChI is InChI=1S/C23H25FN2O2/c1-28-18-12-10-16(11-13-18)14-26-15-19(22-20(24)8-5-9-21(22)26)23(27)25-17-6-3-2-4-7-17/h5,8-13,15,17H,2-4,6-7,14H2,1H3,(H,25,27). The van der Waals surface area contributed by atoms with Gasteiger partial charge >= 0.3 is 0 Å². The number of nitrogens with zero attached hydrogens (tertiary/aromatic N) is 1. The number of methoxy groups -OCH3 is 1. The van der Waals surface area contributed by atoms with E-state index in [0.717, 1.165) is 42.5 Å². The van der Waals surface area contributed by atoms with E-state index in [4.69, 9.17) is 4.74 Å². The Morgan fingerprint density at radius 2 is 1.89 bits per heavy atom. The van der Waals surface area contributed by atoms with Crippen molar-refractivity contribution in [2.75, 3.05) is 7.11 Å². The van der Waals surface area contributed by atoms with Crippen LogP contribution < -0.4 is 10.1 Å². The second kappa shape index (κ2) is 8.05. The predicted octanol–water partition coefficient (Wildman–Crippen LogP) is 4.90. The van der Waals surface area contributed by atoms with Crippen molar-refractivity contribution in [1.29, 1.82) is 0 Å². The Morgan fingerprint density at radius 3 is 2.61 bits per heavy atom. The van der Waals surface area contributed by atoms with E-state index in [-0.39, 0.29) is 17.8 Å². The van der Waals surface area contributed by atoms with E-state index in [1.807, 2.05) is 34.9 Å². The molecule has 1 aliphatic rings. The fourth-order valence-corrected chi connectivity index (χ4v) is 4.05. The van der Waals surface area contributed by atoms with Crippen molar-refractivity contribution in [2.24, 2.45) is 0 Å². The van der Waals surface area contributed by atoms with Crippen LogP contribution in [0.4, 0.5) is 4.39 Å². The molecule has 3 aromatic rings. The molecule has 28 heavy (non-hydrogen) atoms. The van der Waals surface area contributed by atoms with Crippen LogP contribution in [0, 0.1) is 5.82 Å². The van der Waals surface area contributed by atoms with Crippen LogP contribution in [0.3, 0.4) is 0 Å². The highest BCUT2D eigenvalue weighted by atomic mass is 19.1. The quantitative estimate of drug-likeness (QED) is 0.684. The maximum atomic E-state index is 14.6. The number of hydrogen-bond donors (Lipinski definition) is 1. The minimum absolute atomic E-state index is 0.185. The van der Waals surface area contributed by atoms with Crippen molar-refractivity contribution in [3.8, 4) is 5.75 Å². The average Bonchev–Trinajstić information content (AvgIpc) is 3.09. The Kier molecular flexibility index (Phi) is 5.33. The van der Waals surface area contributed by atoms with Crippen LogP contribution in [0.1, 0.15) is 48.0 Å². The number of aromatic nitrogens is 1. The summed E-state index contributed by atoms with van der Waals surface area (Å²) in [6.45, 7) is 0.556. The number of rotatable bonds is 5. The first-order valence-electron chi connectivity index (χ1n) is 9.87. The molecule has 0 atom stereocenters. The lowest BCUT2D eigenvalue weighted by molar-refractivity contribution is 0.0929. The topological polar surface area (TPSA) is 43.3 Å². The maximum absolute atomic E-state index is 14.6. The second-order valence-corrected chi connectivity index (χ2v) is 7.46. The third-order valence-electron chi connectivity index (χ3n) is 5.55. The van der Waals surface area contributed by atoms with Crippen molar-refractivity contribution in [1.82, 2.24) is 9.88 Å². The zero-order valence-electron chi connectivity index (χ0n) is 16.1. The summed E-state index contributed by atoms with van der Waals surface area (Å²) in [4.78, 5) is 12.9. The summed E-state index contributed by atoms with van der Waals surface area (Å²) >= 11 is 0. The highest BCUT2D eigenvalue weighted by molar-refractivity contribution is 6.07. The summed E-state index contributed by atoms with van der Waals surface area (Å²) in [7, 11) is 1.63. The average molecular weight is 380 g/mol. The number of hydrogen-bond acceptors (Lipinski definition) is 2. The van der Waals surface area contributed by atoms with Crippen molar-refractivity contribution < 1.29 is 13.9 Å². The molecule has 0 aliphatic heterocycles. The Balaban J connectivity index is 1.65. The molecule has 1 aromatic heterocycles. The van der Waals surface area contributed by atoms with Gasteiger partial charge in [0.2, 0.25) is 0 Å². The van der Waals surface area contributed by atoms with E-state index < -0.39 is 0 Å². The summed E-state index contributed by atoms with van der Waals surface area (Å²) in [5.41, 5.74) is 2.19. The highest BCUT2D eigenvalue weighted by Crippen LogP contribution is 2.26. The molecular weight excluding hydrogens is 355 g/mol. The van der Waals surface area contributed by atoms with Crippen LogP contribution in [0.2, 0.25) is 0 Å². The third-order valence-corrected chi connectivity index (χ3v) is 5.55. The van der Waals surface area contributed by atoms with Gasteiger partial charge in [-0.25, -0.2) is 4.39 Å². The van der Waals surface area contributed by atoms with Crippen molar-refractivity contribution in [3.05, 3.63) is 65.6 Å². The van der Waals surface area contributed by atoms with E-state index >= 15 is 0 Å². The zero-order valence-corrected chi connectivity index (χ0v) is 16.1. The molecule has 4 nitrogen and oxygen atoms in total. The minimum Gasteiger partial charge on any atom is -0.497 e. The number of carbonyl (C=O) groups excluding carboxylic acids is 1. The Hall–Kier alpha value is -2.82. The van der Waals surface area contributed by atoms with Crippen LogP contribution in [-0.4, -0.2) is 23.6 Å². The summed E-state index contributed by atoms with van der Waals surface area (Å²) in [6.07, 6.45) is 7.27. The molecule has 1 aliphatic carbocycles. The van der Waals surface area contributed by atoms with E-state index in [1.54, 1.807) is 19.4 Å². The molecule has 0 radical (unpaired) electrons. The molecule has 0 spiro atoms. The molecule has 2 aromatic carbocycles. The van der Waals surface area contributed by atoms with Crippen LogP contribution in [0.25, 0.3) is 10.9 Å². The van der Waals surface area contributed by atoms with Gasteiger partial charge in [0.25, 0.3) is 5.91 Å². The number of nitrogens with one attached hydrogen (secondary N) is 1. The largest absolute Gasteiger partial charge is 0.497 e. The van der Waals surface area contributed by atoms with Crippen LogP contribution >= 0.6 is 0 Å². The summed E-state index contributed by atoms with van der Waals surface area (Å²) < 4.78 is 21.8. The van der Waals surface area contributed by atoms with Gasteiger partial charge in [0, 0.05) is 24.2 Å². The fourth-order valence-electron chi connectivity index (χ4n) is 4.05. The van der Waals surface area contributed by atoms with E-state index in [1.165, 1.54) is 12.5 Å². The third kappa shape index (κ3) is 3.75. The minimum atomic E-state index is -0.361. The van der Waals surface area contributed by atoms with Crippen molar-refractivity contribution in [2.45, 2.75) is 44.7 Å². The van der Waals surface area contributed by atoms with E-state index in [9.17, 15) is 9.18 Å². The molecule has 0 saturated heterocycles. The monoisotopic (exact) mass is 380 g/mol. The van der Waals surface area contributed by atoms with Crippen LogP contribution in [0.15, 0.2) is 48.7 Å². The molecule has 1 N–H and O–H groups in total. The first-order valence-corrected chi connectivity index (χ1v) is 9.87. The molecule has 146 valence electrons. The van der Waals surface area contributed by atoms with E-state index in [2.05, 4.69) is 5.32 Å². The van der Waals surface area contributed by atoms with Gasteiger partial charge in [-0.1, -0.05) is 37.5 Å².